The third-order valence-electron chi connectivity index (χ3n) is 2.96. The Labute approximate surface area is 122 Å². The van der Waals surface area contributed by atoms with Crippen molar-refractivity contribution in [1.82, 2.24) is 5.32 Å². The van der Waals surface area contributed by atoms with Gasteiger partial charge in [0.2, 0.25) is 0 Å². The zero-order valence-corrected chi connectivity index (χ0v) is 11.8. The summed E-state index contributed by atoms with van der Waals surface area (Å²) in [6.07, 6.45) is 0. The van der Waals surface area contributed by atoms with Crippen molar-refractivity contribution >= 4 is 17.5 Å². The molecule has 0 aliphatic carbocycles. The molecular formula is C16H16N2O3. The van der Waals surface area contributed by atoms with Gasteiger partial charge in [0.25, 0.3) is 11.8 Å². The zero-order valence-electron chi connectivity index (χ0n) is 11.8. The average molecular weight is 284 g/mol. The number of nitrogens with one attached hydrogen (secondary N) is 2. The number of benzene rings is 2. The summed E-state index contributed by atoms with van der Waals surface area (Å²) in [6, 6.07) is 13.6. The summed E-state index contributed by atoms with van der Waals surface area (Å²) < 4.78 is 5.09. The van der Waals surface area contributed by atoms with Gasteiger partial charge in [0, 0.05) is 23.9 Å². The van der Waals surface area contributed by atoms with Crippen LogP contribution < -0.4 is 15.4 Å². The maximum absolute atomic E-state index is 12.1. The lowest BCUT2D eigenvalue weighted by Gasteiger charge is -2.07. The van der Waals surface area contributed by atoms with Crippen molar-refractivity contribution in [2.45, 2.75) is 0 Å². The van der Waals surface area contributed by atoms with E-state index in [1.807, 2.05) is 0 Å². The molecule has 2 amide bonds. The van der Waals surface area contributed by atoms with Crippen molar-refractivity contribution in [2.75, 3.05) is 19.5 Å². The predicted octanol–water partition coefficient (Wildman–Crippen LogP) is 2.31. The maximum atomic E-state index is 12.1. The van der Waals surface area contributed by atoms with Crippen molar-refractivity contribution in [1.29, 1.82) is 0 Å². The summed E-state index contributed by atoms with van der Waals surface area (Å²) in [4.78, 5) is 23.5. The van der Waals surface area contributed by atoms with E-state index < -0.39 is 0 Å². The molecule has 2 N–H and O–H groups in total. The summed E-state index contributed by atoms with van der Waals surface area (Å²) in [5.74, 6) is 0.222. The number of anilines is 1. The van der Waals surface area contributed by atoms with Crippen LogP contribution in [0.5, 0.6) is 5.75 Å². The quantitative estimate of drug-likeness (QED) is 0.905. The summed E-state index contributed by atoms with van der Waals surface area (Å²) in [5.41, 5.74) is 1.66. The molecule has 0 heterocycles. The van der Waals surface area contributed by atoms with Crippen LogP contribution in [-0.2, 0) is 0 Å². The summed E-state index contributed by atoms with van der Waals surface area (Å²) in [5, 5.41) is 5.31. The largest absolute Gasteiger partial charge is 0.497 e. The second-order valence-corrected chi connectivity index (χ2v) is 4.34. The smallest absolute Gasteiger partial charge is 0.255 e. The molecule has 0 aliphatic heterocycles. The van der Waals surface area contributed by atoms with Gasteiger partial charge >= 0.3 is 0 Å². The molecule has 108 valence electrons. The Morgan fingerprint density at radius 3 is 2.29 bits per heavy atom. The lowest BCUT2D eigenvalue weighted by atomic mass is 10.1. The van der Waals surface area contributed by atoms with Gasteiger partial charge < -0.3 is 15.4 Å². The van der Waals surface area contributed by atoms with Crippen LogP contribution in [0.25, 0.3) is 0 Å². The van der Waals surface area contributed by atoms with Gasteiger partial charge in [0.05, 0.1) is 7.11 Å². The molecule has 2 aromatic rings. The Morgan fingerprint density at radius 1 is 0.952 bits per heavy atom. The molecule has 0 saturated heterocycles. The molecule has 0 fully saturated rings. The maximum Gasteiger partial charge on any atom is 0.255 e. The van der Waals surface area contributed by atoms with Crippen LogP contribution in [0.15, 0.2) is 48.5 Å². The third-order valence-corrected chi connectivity index (χ3v) is 2.96. The van der Waals surface area contributed by atoms with Crippen LogP contribution in [0, 0.1) is 0 Å². The highest BCUT2D eigenvalue weighted by molar-refractivity contribution is 6.04. The standard InChI is InChI=1S/C16H16N2O3/c1-17-15(19)11-6-8-13(9-7-11)18-16(20)12-4-3-5-14(10-12)21-2/h3-10H,1-2H3,(H,17,19)(H,18,20). The molecule has 2 aromatic carbocycles. The van der Waals surface area contributed by atoms with E-state index in [9.17, 15) is 9.59 Å². The third kappa shape index (κ3) is 3.60. The van der Waals surface area contributed by atoms with E-state index in [2.05, 4.69) is 10.6 Å². The van der Waals surface area contributed by atoms with E-state index in [1.165, 1.54) is 0 Å². The summed E-state index contributed by atoms with van der Waals surface area (Å²) in [7, 11) is 3.12. The van der Waals surface area contributed by atoms with E-state index in [4.69, 9.17) is 4.74 Å². The minimum Gasteiger partial charge on any atom is -0.497 e. The fraction of sp³-hybridized carbons (Fsp3) is 0.125. The van der Waals surface area contributed by atoms with E-state index >= 15 is 0 Å². The fourth-order valence-corrected chi connectivity index (χ4v) is 1.82. The van der Waals surface area contributed by atoms with Crippen molar-refractivity contribution in [3.63, 3.8) is 0 Å². The van der Waals surface area contributed by atoms with Gasteiger partial charge in [0.1, 0.15) is 5.75 Å². The molecule has 0 saturated carbocycles. The van der Waals surface area contributed by atoms with Crippen LogP contribution in [0.3, 0.4) is 0 Å². The highest BCUT2D eigenvalue weighted by atomic mass is 16.5. The molecule has 0 aliphatic rings. The van der Waals surface area contributed by atoms with Crippen LogP contribution in [0.2, 0.25) is 0 Å². The van der Waals surface area contributed by atoms with Gasteiger partial charge in [-0.3, -0.25) is 9.59 Å². The Morgan fingerprint density at radius 2 is 1.67 bits per heavy atom. The lowest BCUT2D eigenvalue weighted by molar-refractivity contribution is 0.0962. The first kappa shape index (κ1) is 14.6. The zero-order chi connectivity index (χ0) is 15.2. The van der Waals surface area contributed by atoms with Gasteiger partial charge in [-0.05, 0) is 42.5 Å². The number of amides is 2. The number of methoxy groups -OCH3 is 1. The fourth-order valence-electron chi connectivity index (χ4n) is 1.82. The molecule has 5 nitrogen and oxygen atoms in total. The van der Waals surface area contributed by atoms with Crippen molar-refractivity contribution in [2.24, 2.45) is 0 Å². The molecular weight excluding hydrogens is 268 g/mol. The second kappa shape index (κ2) is 6.56. The molecule has 0 bridgehead atoms. The van der Waals surface area contributed by atoms with Gasteiger partial charge in [-0.2, -0.15) is 0 Å². The van der Waals surface area contributed by atoms with Crippen molar-refractivity contribution in [3.8, 4) is 5.75 Å². The molecule has 5 heteroatoms. The number of hydrogen-bond acceptors (Lipinski definition) is 3. The first-order valence-corrected chi connectivity index (χ1v) is 6.41. The number of carbonyl (C=O) groups is 2. The number of rotatable bonds is 4. The second-order valence-electron chi connectivity index (χ2n) is 4.34. The van der Waals surface area contributed by atoms with E-state index in [0.717, 1.165) is 0 Å². The monoisotopic (exact) mass is 284 g/mol. The lowest BCUT2D eigenvalue weighted by Crippen LogP contribution is -2.17. The highest BCUT2D eigenvalue weighted by Gasteiger charge is 2.08. The van der Waals surface area contributed by atoms with E-state index in [-0.39, 0.29) is 11.8 Å². The van der Waals surface area contributed by atoms with Crippen LogP contribution in [0.4, 0.5) is 5.69 Å². The Hall–Kier alpha value is -2.82. The first-order chi connectivity index (χ1) is 10.1. The van der Waals surface area contributed by atoms with E-state index in [0.29, 0.717) is 22.6 Å². The SMILES string of the molecule is CNC(=O)c1ccc(NC(=O)c2cccc(OC)c2)cc1. The predicted molar refractivity (Wildman–Crippen MR) is 80.8 cm³/mol. The summed E-state index contributed by atoms with van der Waals surface area (Å²) in [6.45, 7) is 0. The molecule has 0 radical (unpaired) electrons. The minimum absolute atomic E-state index is 0.166. The topological polar surface area (TPSA) is 67.4 Å². The number of ether oxygens (including phenoxy) is 1. The van der Waals surface area contributed by atoms with Gasteiger partial charge in [-0.25, -0.2) is 0 Å². The molecule has 0 unspecified atom stereocenters. The Kier molecular flexibility index (Phi) is 4.56. The summed E-state index contributed by atoms with van der Waals surface area (Å²) >= 11 is 0. The normalized spacial score (nSPS) is 9.81. The van der Waals surface area contributed by atoms with E-state index in [1.54, 1.807) is 62.7 Å². The molecule has 0 aromatic heterocycles. The Balaban J connectivity index is 2.10. The highest BCUT2D eigenvalue weighted by Crippen LogP contribution is 2.15. The van der Waals surface area contributed by atoms with Gasteiger partial charge in [0.15, 0.2) is 0 Å². The molecule has 21 heavy (non-hydrogen) atoms. The molecule has 0 spiro atoms. The number of hydrogen-bond donors (Lipinski definition) is 2. The number of carbonyl (C=O) groups excluding carboxylic acids is 2. The van der Waals surface area contributed by atoms with Crippen molar-refractivity contribution in [3.05, 3.63) is 59.7 Å². The average Bonchev–Trinajstić information content (AvgIpc) is 2.54. The van der Waals surface area contributed by atoms with Crippen molar-refractivity contribution < 1.29 is 14.3 Å². The van der Waals surface area contributed by atoms with Crippen LogP contribution in [0.1, 0.15) is 20.7 Å². The molecule has 2 rings (SSSR count). The first-order valence-electron chi connectivity index (χ1n) is 6.41. The van der Waals surface area contributed by atoms with Gasteiger partial charge in [-0.1, -0.05) is 6.07 Å². The molecule has 0 atom stereocenters. The van der Waals surface area contributed by atoms with Crippen LogP contribution >= 0.6 is 0 Å². The minimum atomic E-state index is -0.235. The van der Waals surface area contributed by atoms with Crippen LogP contribution in [-0.4, -0.2) is 26.0 Å². The van der Waals surface area contributed by atoms with Gasteiger partial charge in [-0.15, -0.1) is 0 Å². The Bertz CT molecular complexity index is 651.